The van der Waals surface area contributed by atoms with Crippen LogP contribution in [0.2, 0.25) is 0 Å². The highest BCUT2D eigenvalue weighted by Crippen LogP contribution is 2.21. The molecule has 15 heavy (non-hydrogen) atoms. The topological polar surface area (TPSA) is 52.6 Å². The monoisotopic (exact) mass is 227 g/mol. The van der Waals surface area contributed by atoms with E-state index in [0.29, 0.717) is 17.5 Å². The van der Waals surface area contributed by atoms with Crippen LogP contribution in [0.4, 0.5) is 0 Å². The summed E-state index contributed by atoms with van der Waals surface area (Å²) >= 11 is 0. The smallest absolute Gasteiger partial charge is 0.465 e. The van der Waals surface area contributed by atoms with Crippen LogP contribution >= 0.6 is 8.03 Å². The first-order chi connectivity index (χ1) is 7.19. The zero-order valence-corrected chi connectivity index (χ0v) is 9.49. The molecule has 0 aliphatic heterocycles. The molecule has 1 atom stereocenters. The number of carbonyl (C=O) groups is 1. The molecule has 0 aliphatic carbocycles. The maximum absolute atomic E-state index is 11.5. The Hall–Kier alpha value is -1.25. The number of carbonyl (C=O) groups excluding carboxylic acids is 1. The number of benzene rings is 1. The van der Waals surface area contributed by atoms with Gasteiger partial charge in [-0.25, -0.2) is 4.79 Å². The highest BCUT2D eigenvalue weighted by atomic mass is 31.1. The molecule has 0 N–H and O–H groups in total. The lowest BCUT2D eigenvalue weighted by Gasteiger charge is -1.96. The summed E-state index contributed by atoms with van der Waals surface area (Å²) < 4.78 is 21.0. The number of rotatable bonds is 4. The van der Waals surface area contributed by atoms with E-state index in [2.05, 4.69) is 4.74 Å². The van der Waals surface area contributed by atoms with E-state index in [1.807, 2.05) is 0 Å². The zero-order valence-electron chi connectivity index (χ0n) is 8.60. The lowest BCUT2D eigenvalue weighted by atomic mass is 10.2. The van der Waals surface area contributed by atoms with Crippen LogP contribution in [0.5, 0.6) is 0 Å². The van der Waals surface area contributed by atoms with Gasteiger partial charge in [0.05, 0.1) is 12.7 Å². The largest absolute Gasteiger partial charge is 0.548 e. The quantitative estimate of drug-likeness (QED) is 0.582. The summed E-state index contributed by atoms with van der Waals surface area (Å²) in [6.07, 6.45) is 0. The van der Waals surface area contributed by atoms with E-state index in [4.69, 9.17) is 4.52 Å². The maximum Gasteiger partial charge on any atom is 0.548 e. The van der Waals surface area contributed by atoms with Crippen molar-refractivity contribution in [3.8, 4) is 0 Å². The van der Waals surface area contributed by atoms with Crippen molar-refractivity contribution >= 4 is 19.3 Å². The first-order valence-electron chi connectivity index (χ1n) is 4.47. The molecule has 4 nitrogen and oxygen atoms in total. The van der Waals surface area contributed by atoms with Gasteiger partial charge >= 0.3 is 14.0 Å². The van der Waals surface area contributed by atoms with Crippen LogP contribution in [0.3, 0.4) is 0 Å². The van der Waals surface area contributed by atoms with E-state index in [9.17, 15) is 9.36 Å². The second kappa shape index (κ2) is 5.59. The van der Waals surface area contributed by atoms with Crippen LogP contribution in [0.25, 0.3) is 0 Å². The third-order valence-electron chi connectivity index (χ3n) is 1.72. The Kier molecular flexibility index (Phi) is 4.40. The first-order valence-corrected chi connectivity index (χ1v) is 5.65. The fourth-order valence-electron chi connectivity index (χ4n) is 1.06. The van der Waals surface area contributed by atoms with Crippen molar-refractivity contribution < 1.29 is 18.6 Å². The van der Waals surface area contributed by atoms with Crippen LogP contribution < -0.4 is 5.30 Å². The summed E-state index contributed by atoms with van der Waals surface area (Å²) in [5, 5.41) is 0.495. The molecule has 0 aromatic heterocycles. The Bertz CT molecular complexity index is 375. The van der Waals surface area contributed by atoms with Crippen molar-refractivity contribution in [2.45, 2.75) is 6.92 Å². The predicted octanol–water partition coefficient (Wildman–Crippen LogP) is 1.88. The molecule has 0 amide bonds. The highest BCUT2D eigenvalue weighted by Gasteiger charge is 2.22. The summed E-state index contributed by atoms with van der Waals surface area (Å²) in [6.45, 7) is 2.13. The summed E-state index contributed by atoms with van der Waals surface area (Å²) in [7, 11) is -0.576. The Labute approximate surface area is 89.1 Å². The molecule has 1 aromatic carbocycles. The highest BCUT2D eigenvalue weighted by molar-refractivity contribution is 7.48. The summed E-state index contributed by atoms with van der Waals surface area (Å²) in [5.74, 6) is -0.447. The average Bonchev–Trinajstić information content (AvgIpc) is 2.28. The van der Waals surface area contributed by atoms with Crippen LogP contribution in [0.1, 0.15) is 17.3 Å². The van der Waals surface area contributed by atoms with Gasteiger partial charge in [0, 0.05) is 6.07 Å². The van der Waals surface area contributed by atoms with Gasteiger partial charge in [0.15, 0.2) is 0 Å². The SMILES string of the molecule is CCO[P+](=O)c1cccc(C(=O)OC)c1. The third kappa shape index (κ3) is 3.11. The molecule has 0 radical (unpaired) electrons. The van der Waals surface area contributed by atoms with Crippen LogP contribution in [0, 0.1) is 0 Å². The van der Waals surface area contributed by atoms with E-state index in [-0.39, 0.29) is 0 Å². The van der Waals surface area contributed by atoms with Gasteiger partial charge in [0.1, 0.15) is 6.61 Å². The molecular weight excluding hydrogens is 215 g/mol. The minimum absolute atomic E-state index is 0.373. The van der Waals surface area contributed by atoms with Gasteiger partial charge in [-0.15, -0.1) is 4.52 Å². The number of hydrogen-bond acceptors (Lipinski definition) is 4. The number of hydrogen-bond donors (Lipinski definition) is 0. The molecule has 1 unspecified atom stereocenters. The Morgan fingerprint density at radius 3 is 2.80 bits per heavy atom. The fourth-order valence-corrected chi connectivity index (χ4v) is 1.89. The average molecular weight is 227 g/mol. The summed E-state index contributed by atoms with van der Waals surface area (Å²) in [4.78, 5) is 11.2. The predicted molar refractivity (Wildman–Crippen MR) is 56.6 cm³/mol. The van der Waals surface area contributed by atoms with Crippen molar-refractivity contribution in [2.75, 3.05) is 13.7 Å². The van der Waals surface area contributed by atoms with Crippen LogP contribution in [-0.2, 0) is 13.8 Å². The van der Waals surface area contributed by atoms with E-state index in [1.165, 1.54) is 13.2 Å². The van der Waals surface area contributed by atoms with Crippen molar-refractivity contribution in [1.29, 1.82) is 0 Å². The van der Waals surface area contributed by atoms with E-state index < -0.39 is 14.0 Å². The van der Waals surface area contributed by atoms with Gasteiger partial charge in [0.25, 0.3) is 0 Å². The van der Waals surface area contributed by atoms with Gasteiger partial charge in [0.2, 0.25) is 5.30 Å². The van der Waals surface area contributed by atoms with Gasteiger partial charge in [-0.3, -0.25) is 0 Å². The number of ether oxygens (including phenoxy) is 1. The molecule has 5 heteroatoms. The lowest BCUT2D eigenvalue weighted by molar-refractivity contribution is 0.0601. The number of methoxy groups -OCH3 is 1. The third-order valence-corrected chi connectivity index (χ3v) is 2.92. The van der Waals surface area contributed by atoms with E-state index >= 15 is 0 Å². The van der Waals surface area contributed by atoms with Crippen molar-refractivity contribution in [3.05, 3.63) is 29.8 Å². The standard InChI is InChI=1S/C10H12O4P/c1-3-14-15(12)9-6-4-5-8(7-9)10(11)13-2/h4-7H,3H2,1-2H3/q+1. The molecule has 0 fully saturated rings. The van der Waals surface area contributed by atoms with Crippen molar-refractivity contribution in [1.82, 2.24) is 0 Å². The maximum atomic E-state index is 11.5. The van der Waals surface area contributed by atoms with Gasteiger partial charge in [-0.05, 0) is 23.6 Å². The molecule has 80 valence electrons. The minimum atomic E-state index is -1.88. The van der Waals surface area contributed by atoms with Crippen LogP contribution in [0.15, 0.2) is 24.3 Å². The molecular formula is C10H12O4P+. The Morgan fingerprint density at radius 1 is 1.47 bits per heavy atom. The Morgan fingerprint density at radius 2 is 2.20 bits per heavy atom. The van der Waals surface area contributed by atoms with Gasteiger partial charge in [-0.1, -0.05) is 6.07 Å². The molecule has 0 spiro atoms. The number of esters is 1. The fraction of sp³-hybridized carbons (Fsp3) is 0.300. The zero-order chi connectivity index (χ0) is 11.3. The molecule has 1 rings (SSSR count). The Balaban J connectivity index is 2.92. The molecule has 0 saturated heterocycles. The van der Waals surface area contributed by atoms with Gasteiger partial charge < -0.3 is 4.74 Å². The summed E-state index contributed by atoms with van der Waals surface area (Å²) in [6, 6.07) is 6.42. The lowest BCUT2D eigenvalue weighted by Crippen LogP contribution is -2.06. The van der Waals surface area contributed by atoms with E-state index in [1.54, 1.807) is 25.1 Å². The second-order valence-electron chi connectivity index (χ2n) is 2.72. The van der Waals surface area contributed by atoms with Crippen LogP contribution in [-0.4, -0.2) is 19.7 Å². The van der Waals surface area contributed by atoms with E-state index in [0.717, 1.165) is 0 Å². The van der Waals surface area contributed by atoms with Crippen molar-refractivity contribution in [3.63, 3.8) is 0 Å². The van der Waals surface area contributed by atoms with Gasteiger partial charge in [-0.2, -0.15) is 0 Å². The van der Waals surface area contributed by atoms with Crippen molar-refractivity contribution in [2.24, 2.45) is 0 Å². The normalized spacial score (nSPS) is 10.9. The minimum Gasteiger partial charge on any atom is -0.465 e. The summed E-state index contributed by atoms with van der Waals surface area (Å²) in [5.41, 5.74) is 0.373. The molecule has 0 aliphatic rings. The molecule has 0 bridgehead atoms. The molecule has 1 aromatic rings. The first kappa shape index (κ1) is 11.8. The molecule has 0 saturated carbocycles. The second-order valence-corrected chi connectivity index (χ2v) is 4.01. The molecule has 0 heterocycles.